The first-order valence-corrected chi connectivity index (χ1v) is 10.2. The van der Waals surface area contributed by atoms with Gasteiger partial charge in [0.25, 0.3) is 5.91 Å². The minimum atomic E-state index is -0.203. The van der Waals surface area contributed by atoms with Gasteiger partial charge in [-0.15, -0.1) is 0 Å². The summed E-state index contributed by atoms with van der Waals surface area (Å²) in [6.45, 7) is 13.7. The zero-order valence-electron chi connectivity index (χ0n) is 17.5. The van der Waals surface area contributed by atoms with Crippen LogP contribution in [-0.4, -0.2) is 28.9 Å². The van der Waals surface area contributed by atoms with Crippen LogP contribution in [0.15, 0.2) is 55.1 Å². The van der Waals surface area contributed by atoms with E-state index >= 15 is 0 Å². The molecule has 148 valence electrons. The van der Waals surface area contributed by atoms with E-state index in [1.807, 2.05) is 43.3 Å². The van der Waals surface area contributed by atoms with Gasteiger partial charge in [-0.2, -0.15) is 0 Å². The molecule has 3 nitrogen and oxygen atoms in total. The topological polar surface area (TPSA) is 32.3 Å². The molecule has 1 fully saturated rings. The minimum absolute atomic E-state index is 0.0487. The van der Waals surface area contributed by atoms with Gasteiger partial charge in [-0.05, 0) is 64.3 Å². The van der Waals surface area contributed by atoms with E-state index in [0.717, 1.165) is 23.2 Å². The molecule has 2 atom stereocenters. The fourth-order valence-corrected chi connectivity index (χ4v) is 4.52. The molecule has 0 aliphatic carbocycles. The molecule has 3 heteroatoms. The lowest BCUT2D eigenvalue weighted by molar-refractivity contribution is 0.0632. The van der Waals surface area contributed by atoms with Crippen molar-refractivity contribution in [2.75, 3.05) is 6.54 Å². The number of benzene rings is 2. The standard InChI is InChI=1S/C25H32N2O/c1-6-20-15-14-18(2)17-22(20)24(28)26-23(21-12-8-7-9-13-21)25(4,5)27-16-10-11-19(27)3/h6-9,12-15,17,19,23H,1,10-11,16H2,2-5H3,(H,26,28). The van der Waals surface area contributed by atoms with E-state index in [4.69, 9.17) is 0 Å². The summed E-state index contributed by atoms with van der Waals surface area (Å²) in [6, 6.07) is 16.6. The van der Waals surface area contributed by atoms with Gasteiger partial charge in [0.05, 0.1) is 6.04 Å². The maximum Gasteiger partial charge on any atom is 0.252 e. The number of carbonyl (C=O) groups is 1. The van der Waals surface area contributed by atoms with E-state index in [2.05, 4.69) is 49.7 Å². The number of amides is 1. The van der Waals surface area contributed by atoms with Crippen LogP contribution >= 0.6 is 0 Å². The van der Waals surface area contributed by atoms with Crippen LogP contribution in [0.1, 0.15) is 66.7 Å². The third-order valence-electron chi connectivity index (χ3n) is 6.08. The van der Waals surface area contributed by atoms with Crippen LogP contribution in [0.25, 0.3) is 6.08 Å². The molecular weight excluding hydrogens is 344 g/mol. The second-order valence-electron chi connectivity index (χ2n) is 8.45. The van der Waals surface area contributed by atoms with E-state index in [1.54, 1.807) is 6.08 Å². The third kappa shape index (κ3) is 4.05. The zero-order valence-corrected chi connectivity index (χ0v) is 17.5. The lowest BCUT2D eigenvalue weighted by Gasteiger charge is -2.45. The molecule has 0 bridgehead atoms. The first-order valence-electron chi connectivity index (χ1n) is 10.2. The quantitative estimate of drug-likeness (QED) is 0.735. The van der Waals surface area contributed by atoms with Crippen molar-refractivity contribution in [1.29, 1.82) is 0 Å². The summed E-state index contributed by atoms with van der Waals surface area (Å²) < 4.78 is 0. The first kappa shape index (κ1) is 20.3. The SMILES string of the molecule is C=Cc1ccc(C)cc1C(=O)NC(c1ccccc1)C(C)(C)N1CCCC1C. The number of likely N-dealkylation sites (tertiary alicyclic amines) is 1. The molecule has 3 rings (SSSR count). The fraction of sp³-hybridized carbons (Fsp3) is 0.400. The molecule has 1 saturated heterocycles. The van der Waals surface area contributed by atoms with Crippen LogP contribution in [0.5, 0.6) is 0 Å². The van der Waals surface area contributed by atoms with Crippen LogP contribution in [0.2, 0.25) is 0 Å². The van der Waals surface area contributed by atoms with Crippen LogP contribution in [0.3, 0.4) is 0 Å². The normalized spacial score (nSPS) is 18.6. The summed E-state index contributed by atoms with van der Waals surface area (Å²) >= 11 is 0. The van der Waals surface area contributed by atoms with E-state index < -0.39 is 0 Å². The van der Waals surface area contributed by atoms with Crippen molar-refractivity contribution in [1.82, 2.24) is 10.2 Å². The largest absolute Gasteiger partial charge is 0.343 e. The van der Waals surface area contributed by atoms with Crippen molar-refractivity contribution in [3.8, 4) is 0 Å². The predicted octanol–water partition coefficient (Wildman–Crippen LogP) is 5.37. The summed E-state index contributed by atoms with van der Waals surface area (Å²) in [5, 5.41) is 3.36. The maximum absolute atomic E-state index is 13.3. The number of aryl methyl sites for hydroxylation is 1. The van der Waals surface area contributed by atoms with Gasteiger partial charge in [0.15, 0.2) is 0 Å². The van der Waals surface area contributed by atoms with Crippen molar-refractivity contribution in [2.24, 2.45) is 0 Å². The molecule has 0 saturated carbocycles. The average Bonchev–Trinajstić information content (AvgIpc) is 3.13. The van der Waals surface area contributed by atoms with Gasteiger partial charge in [-0.25, -0.2) is 0 Å². The summed E-state index contributed by atoms with van der Waals surface area (Å²) in [5.41, 5.74) is 3.54. The molecule has 2 aromatic carbocycles. The monoisotopic (exact) mass is 376 g/mol. The number of nitrogens with zero attached hydrogens (tertiary/aromatic N) is 1. The number of nitrogens with one attached hydrogen (secondary N) is 1. The van der Waals surface area contributed by atoms with Crippen molar-refractivity contribution >= 4 is 12.0 Å². The summed E-state index contributed by atoms with van der Waals surface area (Å²) in [4.78, 5) is 15.9. The minimum Gasteiger partial charge on any atom is -0.343 e. The number of carbonyl (C=O) groups excluding carboxylic acids is 1. The highest BCUT2D eigenvalue weighted by Gasteiger charge is 2.41. The van der Waals surface area contributed by atoms with E-state index in [1.165, 1.54) is 12.8 Å². The molecule has 0 radical (unpaired) electrons. The molecule has 2 unspecified atom stereocenters. The Morgan fingerprint density at radius 3 is 2.57 bits per heavy atom. The Morgan fingerprint density at radius 1 is 1.25 bits per heavy atom. The van der Waals surface area contributed by atoms with Gasteiger partial charge in [-0.1, -0.05) is 60.7 Å². The Hall–Kier alpha value is -2.39. The van der Waals surface area contributed by atoms with E-state index in [-0.39, 0.29) is 17.5 Å². The summed E-state index contributed by atoms with van der Waals surface area (Å²) in [7, 11) is 0. The molecule has 1 aliphatic rings. The number of hydrogen-bond acceptors (Lipinski definition) is 2. The lowest BCUT2D eigenvalue weighted by Crippen LogP contribution is -2.54. The second kappa shape index (κ2) is 8.32. The maximum atomic E-state index is 13.3. The molecule has 28 heavy (non-hydrogen) atoms. The Morgan fingerprint density at radius 2 is 1.96 bits per heavy atom. The highest BCUT2D eigenvalue weighted by atomic mass is 16.1. The van der Waals surface area contributed by atoms with Gasteiger partial charge in [0, 0.05) is 17.1 Å². The Balaban J connectivity index is 1.98. The van der Waals surface area contributed by atoms with Gasteiger partial charge >= 0.3 is 0 Å². The molecule has 1 amide bonds. The van der Waals surface area contributed by atoms with Crippen molar-refractivity contribution in [2.45, 2.75) is 58.2 Å². The molecular formula is C25H32N2O. The number of hydrogen-bond donors (Lipinski definition) is 1. The predicted molar refractivity (Wildman–Crippen MR) is 117 cm³/mol. The summed E-state index contributed by atoms with van der Waals surface area (Å²) in [5.74, 6) is -0.0487. The van der Waals surface area contributed by atoms with Crippen molar-refractivity contribution in [3.63, 3.8) is 0 Å². The average molecular weight is 377 g/mol. The molecule has 1 N–H and O–H groups in total. The van der Waals surface area contributed by atoms with Crippen LogP contribution in [0, 0.1) is 6.92 Å². The van der Waals surface area contributed by atoms with E-state index in [9.17, 15) is 4.79 Å². The van der Waals surface area contributed by atoms with Crippen LogP contribution in [0.4, 0.5) is 0 Å². The van der Waals surface area contributed by atoms with Crippen molar-refractivity contribution in [3.05, 3.63) is 77.4 Å². The second-order valence-corrected chi connectivity index (χ2v) is 8.45. The highest BCUT2D eigenvalue weighted by molar-refractivity contribution is 5.98. The van der Waals surface area contributed by atoms with Gasteiger partial charge in [0.2, 0.25) is 0 Å². The molecule has 0 spiro atoms. The Bertz CT molecular complexity index is 841. The third-order valence-corrected chi connectivity index (χ3v) is 6.08. The van der Waals surface area contributed by atoms with Crippen molar-refractivity contribution < 1.29 is 4.79 Å². The van der Waals surface area contributed by atoms with E-state index in [0.29, 0.717) is 11.6 Å². The first-order chi connectivity index (χ1) is 13.3. The van der Waals surface area contributed by atoms with Gasteiger partial charge in [0.1, 0.15) is 0 Å². The zero-order chi connectivity index (χ0) is 20.3. The smallest absolute Gasteiger partial charge is 0.252 e. The molecule has 1 heterocycles. The lowest BCUT2D eigenvalue weighted by atomic mass is 9.86. The summed E-state index contributed by atoms with van der Waals surface area (Å²) in [6.07, 6.45) is 4.16. The molecule has 0 aromatic heterocycles. The molecule has 2 aromatic rings. The fourth-order valence-electron chi connectivity index (χ4n) is 4.52. The number of rotatable bonds is 6. The van der Waals surface area contributed by atoms with Gasteiger partial charge < -0.3 is 5.32 Å². The Kier molecular flexibility index (Phi) is 6.04. The Labute approximate surface area is 169 Å². The van der Waals surface area contributed by atoms with Gasteiger partial charge in [-0.3, -0.25) is 9.69 Å². The van der Waals surface area contributed by atoms with Crippen LogP contribution < -0.4 is 5.32 Å². The van der Waals surface area contributed by atoms with Crippen LogP contribution in [-0.2, 0) is 0 Å². The highest BCUT2D eigenvalue weighted by Crippen LogP contribution is 2.36. The molecule has 1 aliphatic heterocycles.